The minimum Gasteiger partial charge on any atom is -0.449 e. The summed E-state index contributed by atoms with van der Waals surface area (Å²) in [5, 5.41) is 7.96. The maximum absolute atomic E-state index is 12.6. The van der Waals surface area contributed by atoms with Crippen LogP contribution >= 0.6 is 11.3 Å². The van der Waals surface area contributed by atoms with Crippen LogP contribution in [0.2, 0.25) is 0 Å². The van der Waals surface area contributed by atoms with Crippen molar-refractivity contribution in [3.63, 3.8) is 0 Å². The Labute approximate surface area is 168 Å². The molecule has 1 unspecified atom stereocenters. The van der Waals surface area contributed by atoms with Gasteiger partial charge in [-0.15, -0.1) is 11.3 Å². The number of anilines is 1. The highest BCUT2D eigenvalue weighted by atomic mass is 32.1. The van der Waals surface area contributed by atoms with Gasteiger partial charge in [0.2, 0.25) is 5.91 Å². The molecule has 1 fully saturated rings. The fourth-order valence-corrected chi connectivity index (χ4v) is 3.43. The van der Waals surface area contributed by atoms with Gasteiger partial charge in [0.05, 0.1) is 5.56 Å². The summed E-state index contributed by atoms with van der Waals surface area (Å²) in [4.78, 5) is 49.5. The summed E-state index contributed by atoms with van der Waals surface area (Å²) in [6.07, 6.45) is 0.524. The molecule has 0 saturated heterocycles. The zero-order valence-corrected chi connectivity index (χ0v) is 17.8. The quantitative estimate of drug-likeness (QED) is 0.647. The van der Waals surface area contributed by atoms with Gasteiger partial charge in [0.1, 0.15) is 5.00 Å². The molecule has 0 bridgehead atoms. The zero-order chi connectivity index (χ0) is 21.2. The lowest BCUT2D eigenvalue weighted by Crippen LogP contribution is -2.50. The van der Waals surface area contributed by atoms with E-state index in [-0.39, 0.29) is 17.4 Å². The van der Waals surface area contributed by atoms with Crippen LogP contribution in [0.3, 0.4) is 0 Å². The van der Waals surface area contributed by atoms with Gasteiger partial charge in [-0.05, 0) is 59.9 Å². The van der Waals surface area contributed by atoms with Crippen LogP contribution in [0.25, 0.3) is 0 Å². The van der Waals surface area contributed by atoms with Crippen LogP contribution in [0.4, 0.5) is 9.80 Å². The SMILES string of the molecule is Cc1sc(NC(=O)C2CC2)c(C(=O)OC(C)C(=O)NC(=O)NC(C)(C)C)c1C. The third-order valence-corrected chi connectivity index (χ3v) is 5.28. The summed E-state index contributed by atoms with van der Waals surface area (Å²) in [6.45, 7) is 10.3. The molecule has 9 heteroatoms. The number of aryl methyl sites for hydroxylation is 1. The molecule has 0 radical (unpaired) electrons. The molecule has 1 aromatic heterocycles. The fraction of sp³-hybridized carbons (Fsp3) is 0.579. The Morgan fingerprint density at radius 3 is 2.29 bits per heavy atom. The van der Waals surface area contributed by atoms with E-state index in [0.29, 0.717) is 10.6 Å². The molecule has 1 aliphatic rings. The van der Waals surface area contributed by atoms with E-state index in [1.165, 1.54) is 18.3 Å². The lowest BCUT2D eigenvalue weighted by atomic mass is 10.1. The van der Waals surface area contributed by atoms with Crippen LogP contribution in [-0.4, -0.2) is 35.5 Å². The van der Waals surface area contributed by atoms with Crippen molar-refractivity contribution >= 4 is 40.2 Å². The minimum absolute atomic E-state index is 0.00221. The number of ether oxygens (including phenoxy) is 1. The van der Waals surface area contributed by atoms with Crippen molar-refractivity contribution in [2.75, 3.05) is 5.32 Å². The first-order valence-electron chi connectivity index (χ1n) is 9.14. The Balaban J connectivity index is 2.04. The molecule has 2 rings (SSSR count). The number of urea groups is 1. The monoisotopic (exact) mass is 409 g/mol. The highest BCUT2D eigenvalue weighted by molar-refractivity contribution is 7.16. The van der Waals surface area contributed by atoms with E-state index in [1.54, 1.807) is 27.7 Å². The van der Waals surface area contributed by atoms with Crippen molar-refractivity contribution < 1.29 is 23.9 Å². The average molecular weight is 410 g/mol. The summed E-state index contributed by atoms with van der Waals surface area (Å²) in [5.41, 5.74) is 0.430. The number of nitrogens with one attached hydrogen (secondary N) is 3. The van der Waals surface area contributed by atoms with Crippen molar-refractivity contribution in [2.24, 2.45) is 5.92 Å². The van der Waals surface area contributed by atoms with E-state index in [9.17, 15) is 19.2 Å². The number of hydrogen-bond donors (Lipinski definition) is 3. The minimum atomic E-state index is -1.18. The lowest BCUT2D eigenvalue weighted by molar-refractivity contribution is -0.128. The van der Waals surface area contributed by atoms with E-state index in [0.717, 1.165) is 17.7 Å². The van der Waals surface area contributed by atoms with Gasteiger partial charge in [0.15, 0.2) is 6.10 Å². The first kappa shape index (κ1) is 21.9. The Morgan fingerprint density at radius 1 is 1.14 bits per heavy atom. The Kier molecular flexibility index (Phi) is 6.48. The van der Waals surface area contributed by atoms with Gasteiger partial charge < -0.3 is 15.4 Å². The number of esters is 1. The molecule has 1 aromatic rings. The van der Waals surface area contributed by atoms with E-state index >= 15 is 0 Å². The summed E-state index contributed by atoms with van der Waals surface area (Å²) in [7, 11) is 0. The van der Waals surface area contributed by atoms with Crippen LogP contribution in [-0.2, 0) is 14.3 Å². The maximum atomic E-state index is 12.6. The third-order valence-electron chi connectivity index (χ3n) is 4.15. The first-order chi connectivity index (χ1) is 12.9. The molecule has 1 aliphatic carbocycles. The molecule has 1 atom stereocenters. The second-order valence-corrected chi connectivity index (χ2v) is 9.22. The number of amides is 4. The highest BCUT2D eigenvalue weighted by Crippen LogP contribution is 2.36. The fourth-order valence-electron chi connectivity index (χ4n) is 2.38. The number of carbonyl (C=O) groups excluding carboxylic acids is 4. The molecule has 8 nitrogen and oxygen atoms in total. The van der Waals surface area contributed by atoms with Crippen molar-refractivity contribution in [3.05, 3.63) is 16.0 Å². The van der Waals surface area contributed by atoms with Gasteiger partial charge in [-0.1, -0.05) is 0 Å². The molecule has 1 saturated carbocycles. The van der Waals surface area contributed by atoms with E-state index in [2.05, 4.69) is 16.0 Å². The van der Waals surface area contributed by atoms with E-state index in [4.69, 9.17) is 4.74 Å². The van der Waals surface area contributed by atoms with E-state index < -0.39 is 29.6 Å². The predicted octanol–water partition coefficient (Wildman–Crippen LogP) is 2.88. The Morgan fingerprint density at radius 2 is 1.75 bits per heavy atom. The Bertz CT molecular complexity index is 805. The molecule has 4 amide bonds. The standard InChI is InChI=1S/C19H27N3O5S/c1-9-11(3)28-16(20-15(24)12-7-8-12)13(9)17(25)27-10(2)14(23)21-18(26)22-19(4,5)6/h10,12H,7-8H2,1-6H3,(H,20,24)(H2,21,22,23,26). The van der Waals surface area contributed by atoms with Crippen molar-refractivity contribution in [1.29, 1.82) is 0 Å². The number of rotatable bonds is 5. The van der Waals surface area contributed by atoms with Gasteiger partial charge in [-0.3, -0.25) is 14.9 Å². The zero-order valence-electron chi connectivity index (χ0n) is 17.0. The largest absolute Gasteiger partial charge is 0.449 e. The van der Waals surface area contributed by atoms with Crippen molar-refractivity contribution in [1.82, 2.24) is 10.6 Å². The predicted molar refractivity (Wildman–Crippen MR) is 106 cm³/mol. The van der Waals surface area contributed by atoms with Gasteiger partial charge in [0.25, 0.3) is 5.91 Å². The Hall–Kier alpha value is -2.42. The number of imide groups is 1. The van der Waals surface area contributed by atoms with Crippen LogP contribution in [0, 0.1) is 19.8 Å². The maximum Gasteiger partial charge on any atom is 0.342 e. The topological polar surface area (TPSA) is 114 Å². The summed E-state index contributed by atoms with van der Waals surface area (Å²) in [5.74, 6) is -1.56. The van der Waals surface area contributed by atoms with E-state index in [1.807, 2.05) is 6.92 Å². The lowest BCUT2D eigenvalue weighted by Gasteiger charge is -2.21. The van der Waals surface area contributed by atoms with Crippen molar-refractivity contribution in [2.45, 2.75) is 66.0 Å². The molecule has 3 N–H and O–H groups in total. The molecule has 0 aromatic carbocycles. The molecule has 0 spiro atoms. The highest BCUT2D eigenvalue weighted by Gasteiger charge is 2.32. The number of carbonyl (C=O) groups is 4. The van der Waals surface area contributed by atoms with Gasteiger partial charge >= 0.3 is 12.0 Å². The van der Waals surface area contributed by atoms with Gasteiger partial charge in [0, 0.05) is 16.3 Å². The number of thiophene rings is 1. The van der Waals surface area contributed by atoms with Gasteiger partial charge in [-0.25, -0.2) is 9.59 Å². The van der Waals surface area contributed by atoms with Gasteiger partial charge in [-0.2, -0.15) is 0 Å². The molecular formula is C19H27N3O5S. The molecule has 154 valence electrons. The van der Waals surface area contributed by atoms with Crippen LogP contribution in [0.1, 0.15) is 61.3 Å². The summed E-state index contributed by atoms with van der Waals surface area (Å²) < 4.78 is 5.25. The van der Waals surface area contributed by atoms with Crippen LogP contribution in [0.5, 0.6) is 0 Å². The van der Waals surface area contributed by atoms with Crippen LogP contribution < -0.4 is 16.0 Å². The first-order valence-corrected chi connectivity index (χ1v) is 9.95. The molecule has 0 aliphatic heterocycles. The normalized spacial score (nSPS) is 14.8. The summed E-state index contributed by atoms with van der Waals surface area (Å²) >= 11 is 1.30. The molecule has 1 heterocycles. The van der Waals surface area contributed by atoms with Crippen molar-refractivity contribution in [3.8, 4) is 0 Å². The van der Waals surface area contributed by atoms with Crippen LogP contribution in [0.15, 0.2) is 0 Å². The molecule has 28 heavy (non-hydrogen) atoms. The summed E-state index contributed by atoms with van der Waals surface area (Å²) in [6, 6.07) is -0.666. The third kappa shape index (κ3) is 5.79. The second-order valence-electron chi connectivity index (χ2n) is 7.99. The second kappa shape index (κ2) is 8.30. The average Bonchev–Trinajstić information content (AvgIpc) is 3.33. The number of hydrogen-bond acceptors (Lipinski definition) is 6. The molecular weight excluding hydrogens is 382 g/mol. The smallest absolute Gasteiger partial charge is 0.342 e.